The lowest BCUT2D eigenvalue weighted by Crippen LogP contribution is -2.50. The summed E-state index contributed by atoms with van der Waals surface area (Å²) in [6, 6.07) is 15.5. The minimum Gasteiger partial charge on any atom is -0.490 e. The number of carbonyl (C=O) groups excluding carboxylic acids is 2. The van der Waals surface area contributed by atoms with E-state index in [2.05, 4.69) is 24.4 Å². The summed E-state index contributed by atoms with van der Waals surface area (Å²) < 4.78 is 5.65. The van der Waals surface area contributed by atoms with Gasteiger partial charge >= 0.3 is 6.03 Å². The number of hydrogen-bond acceptors (Lipinski definition) is 3. The largest absolute Gasteiger partial charge is 0.490 e. The number of anilines is 1. The molecule has 164 valence electrons. The topological polar surface area (TPSA) is 61.9 Å². The Morgan fingerprint density at radius 3 is 2.61 bits per heavy atom. The third-order valence-corrected chi connectivity index (χ3v) is 6.34. The van der Waals surface area contributed by atoms with Crippen molar-refractivity contribution >= 4 is 29.2 Å². The number of fused-ring (bicyclic) bond motifs is 1. The standard InChI is InChI=1S/C24H28ClN3O3/c1-17(18-5-3-2-4-6-18)16-26-23(29)19-9-11-27(12-10-19)24(30)28-13-14-31-22-8-7-20(25)15-21(22)28/h2-8,15,17,19H,9-14,16H2,1H3,(H,26,29). The van der Waals surface area contributed by atoms with Crippen LogP contribution < -0.4 is 15.0 Å². The number of halogens is 1. The summed E-state index contributed by atoms with van der Waals surface area (Å²) >= 11 is 6.13. The zero-order chi connectivity index (χ0) is 21.8. The fraction of sp³-hybridized carbons (Fsp3) is 0.417. The number of nitrogens with one attached hydrogen (secondary N) is 1. The minimum absolute atomic E-state index is 0.0524. The number of amides is 3. The summed E-state index contributed by atoms with van der Waals surface area (Å²) in [6.45, 7) is 4.82. The summed E-state index contributed by atoms with van der Waals surface area (Å²) in [5.41, 5.74) is 1.92. The maximum Gasteiger partial charge on any atom is 0.324 e. The van der Waals surface area contributed by atoms with Crippen LogP contribution in [-0.4, -0.2) is 49.6 Å². The monoisotopic (exact) mass is 441 g/mol. The second-order valence-electron chi connectivity index (χ2n) is 8.21. The van der Waals surface area contributed by atoms with Gasteiger partial charge in [-0.2, -0.15) is 0 Å². The molecule has 4 rings (SSSR count). The van der Waals surface area contributed by atoms with E-state index in [1.165, 1.54) is 5.56 Å². The first-order valence-corrected chi connectivity index (χ1v) is 11.2. The van der Waals surface area contributed by atoms with E-state index >= 15 is 0 Å². The number of likely N-dealkylation sites (tertiary alicyclic amines) is 1. The molecular weight excluding hydrogens is 414 g/mol. The highest BCUT2D eigenvalue weighted by molar-refractivity contribution is 6.31. The molecule has 1 N–H and O–H groups in total. The molecule has 2 aliphatic rings. The number of urea groups is 1. The average Bonchev–Trinajstić information content (AvgIpc) is 2.82. The zero-order valence-corrected chi connectivity index (χ0v) is 18.5. The van der Waals surface area contributed by atoms with Gasteiger partial charge in [0.2, 0.25) is 5.91 Å². The van der Waals surface area contributed by atoms with Crippen molar-refractivity contribution in [2.75, 3.05) is 37.7 Å². The van der Waals surface area contributed by atoms with Crippen molar-refractivity contribution in [2.45, 2.75) is 25.7 Å². The second-order valence-corrected chi connectivity index (χ2v) is 8.65. The van der Waals surface area contributed by atoms with Crippen molar-refractivity contribution in [1.82, 2.24) is 10.2 Å². The molecule has 0 aromatic heterocycles. The Labute approximate surface area is 188 Å². The van der Waals surface area contributed by atoms with Crippen LogP contribution in [0, 0.1) is 5.92 Å². The number of benzene rings is 2. The van der Waals surface area contributed by atoms with Gasteiger partial charge in [0.1, 0.15) is 12.4 Å². The number of nitrogens with zero attached hydrogens (tertiary/aromatic N) is 2. The minimum atomic E-state index is -0.0570. The van der Waals surface area contributed by atoms with Crippen molar-refractivity contribution < 1.29 is 14.3 Å². The average molecular weight is 442 g/mol. The van der Waals surface area contributed by atoms with E-state index in [-0.39, 0.29) is 23.8 Å². The zero-order valence-electron chi connectivity index (χ0n) is 17.7. The van der Waals surface area contributed by atoms with Gasteiger partial charge in [-0.15, -0.1) is 0 Å². The molecular formula is C24H28ClN3O3. The van der Waals surface area contributed by atoms with Gasteiger partial charge in [0.25, 0.3) is 0 Å². The molecule has 1 atom stereocenters. The molecule has 3 amide bonds. The summed E-state index contributed by atoms with van der Waals surface area (Å²) in [6.07, 6.45) is 1.34. The fourth-order valence-electron chi connectivity index (χ4n) is 4.19. The van der Waals surface area contributed by atoms with Crippen LogP contribution in [0.1, 0.15) is 31.2 Å². The maximum absolute atomic E-state index is 13.1. The van der Waals surface area contributed by atoms with Crippen LogP contribution in [0.4, 0.5) is 10.5 Å². The Kier molecular flexibility index (Phi) is 6.66. The Hall–Kier alpha value is -2.73. The molecule has 0 spiro atoms. The lowest BCUT2D eigenvalue weighted by molar-refractivity contribution is -0.126. The molecule has 0 radical (unpaired) electrons. The van der Waals surface area contributed by atoms with Crippen LogP contribution in [0.2, 0.25) is 5.02 Å². The SMILES string of the molecule is CC(CNC(=O)C1CCN(C(=O)N2CCOc3ccc(Cl)cc32)CC1)c1ccccc1. The Bertz CT molecular complexity index is 929. The molecule has 0 saturated carbocycles. The van der Waals surface area contributed by atoms with Crippen molar-refractivity contribution in [3.63, 3.8) is 0 Å². The van der Waals surface area contributed by atoms with Gasteiger partial charge in [0, 0.05) is 30.6 Å². The summed E-state index contributed by atoms with van der Waals surface area (Å²) in [4.78, 5) is 29.3. The van der Waals surface area contributed by atoms with E-state index < -0.39 is 0 Å². The molecule has 2 aliphatic heterocycles. The molecule has 2 heterocycles. The Morgan fingerprint density at radius 1 is 1.13 bits per heavy atom. The lowest BCUT2D eigenvalue weighted by Gasteiger charge is -2.37. The van der Waals surface area contributed by atoms with E-state index in [0.717, 1.165) is 0 Å². The maximum atomic E-state index is 13.1. The lowest BCUT2D eigenvalue weighted by atomic mass is 9.95. The van der Waals surface area contributed by atoms with E-state index in [0.29, 0.717) is 62.1 Å². The van der Waals surface area contributed by atoms with Gasteiger partial charge in [-0.1, -0.05) is 48.9 Å². The van der Waals surface area contributed by atoms with Crippen LogP contribution in [0.15, 0.2) is 48.5 Å². The molecule has 0 bridgehead atoms. The van der Waals surface area contributed by atoms with Crippen molar-refractivity contribution in [1.29, 1.82) is 0 Å². The third kappa shape index (κ3) is 4.96. The number of rotatable bonds is 4. The first-order chi connectivity index (χ1) is 15.0. The van der Waals surface area contributed by atoms with Crippen LogP contribution >= 0.6 is 11.6 Å². The van der Waals surface area contributed by atoms with Crippen molar-refractivity contribution in [3.05, 3.63) is 59.1 Å². The van der Waals surface area contributed by atoms with E-state index in [9.17, 15) is 9.59 Å². The van der Waals surface area contributed by atoms with Gasteiger partial charge in [0.15, 0.2) is 0 Å². The number of piperidine rings is 1. The predicted octanol–water partition coefficient (Wildman–Crippen LogP) is 4.29. The Morgan fingerprint density at radius 2 is 1.87 bits per heavy atom. The highest BCUT2D eigenvalue weighted by atomic mass is 35.5. The molecule has 1 saturated heterocycles. The van der Waals surface area contributed by atoms with Crippen molar-refractivity contribution in [3.8, 4) is 5.75 Å². The third-order valence-electron chi connectivity index (χ3n) is 6.10. The van der Waals surface area contributed by atoms with Gasteiger partial charge in [-0.05, 0) is 42.5 Å². The highest BCUT2D eigenvalue weighted by Gasteiger charge is 2.32. The molecule has 1 unspecified atom stereocenters. The molecule has 31 heavy (non-hydrogen) atoms. The highest BCUT2D eigenvalue weighted by Crippen LogP contribution is 2.35. The van der Waals surface area contributed by atoms with Crippen molar-refractivity contribution in [2.24, 2.45) is 5.92 Å². The smallest absolute Gasteiger partial charge is 0.324 e. The van der Waals surface area contributed by atoms with Gasteiger partial charge < -0.3 is 15.0 Å². The molecule has 7 heteroatoms. The quantitative estimate of drug-likeness (QED) is 0.769. The van der Waals surface area contributed by atoms with Gasteiger partial charge in [-0.3, -0.25) is 9.69 Å². The molecule has 2 aromatic carbocycles. The van der Waals surface area contributed by atoms with Crippen LogP contribution in [0.5, 0.6) is 5.75 Å². The number of carbonyl (C=O) groups is 2. The Balaban J connectivity index is 1.29. The summed E-state index contributed by atoms with van der Waals surface area (Å²) in [7, 11) is 0. The van der Waals surface area contributed by atoms with Crippen LogP contribution in [-0.2, 0) is 4.79 Å². The molecule has 2 aromatic rings. The normalized spacial score (nSPS) is 17.5. The van der Waals surface area contributed by atoms with E-state index in [1.807, 2.05) is 23.1 Å². The summed E-state index contributed by atoms with van der Waals surface area (Å²) in [5.74, 6) is 0.961. The summed E-state index contributed by atoms with van der Waals surface area (Å²) in [5, 5.41) is 3.66. The molecule has 0 aliphatic carbocycles. The fourth-order valence-corrected chi connectivity index (χ4v) is 4.36. The molecule has 6 nitrogen and oxygen atoms in total. The van der Waals surface area contributed by atoms with Crippen LogP contribution in [0.3, 0.4) is 0 Å². The van der Waals surface area contributed by atoms with Crippen LogP contribution in [0.25, 0.3) is 0 Å². The predicted molar refractivity (Wildman–Crippen MR) is 122 cm³/mol. The first kappa shape index (κ1) is 21.5. The van der Waals surface area contributed by atoms with Gasteiger partial charge in [-0.25, -0.2) is 4.79 Å². The van der Waals surface area contributed by atoms with E-state index in [1.54, 1.807) is 23.1 Å². The molecule has 1 fully saturated rings. The van der Waals surface area contributed by atoms with Gasteiger partial charge in [0.05, 0.1) is 12.2 Å². The first-order valence-electron chi connectivity index (χ1n) is 10.8. The number of hydrogen-bond donors (Lipinski definition) is 1. The number of ether oxygens (including phenoxy) is 1. The van der Waals surface area contributed by atoms with E-state index in [4.69, 9.17) is 16.3 Å². The second kappa shape index (κ2) is 9.60.